The van der Waals surface area contributed by atoms with Crippen LogP contribution in [-0.2, 0) is 9.59 Å². The van der Waals surface area contributed by atoms with Gasteiger partial charge in [-0.2, -0.15) is 0 Å². The van der Waals surface area contributed by atoms with Crippen LogP contribution in [0.15, 0.2) is 53.0 Å². The van der Waals surface area contributed by atoms with Crippen molar-refractivity contribution in [1.82, 2.24) is 10.6 Å². The Hall–Kier alpha value is -2.67. The van der Waals surface area contributed by atoms with E-state index in [4.69, 9.17) is 0 Å². The maximum atomic E-state index is 12.7. The molecule has 0 saturated carbocycles. The van der Waals surface area contributed by atoms with Crippen LogP contribution in [-0.4, -0.2) is 30.3 Å². The SMILES string of the molecule is CCC(C)C(NC(=O)c1ccccc1)C(=O)NCC(=O)Nc1ccc(Br)c(C)c1. The van der Waals surface area contributed by atoms with Crippen LogP contribution < -0.4 is 16.0 Å². The van der Waals surface area contributed by atoms with Gasteiger partial charge >= 0.3 is 0 Å². The fraction of sp³-hybridized carbons (Fsp3) is 0.318. The maximum absolute atomic E-state index is 12.7. The van der Waals surface area contributed by atoms with Gasteiger partial charge in [0.15, 0.2) is 0 Å². The minimum atomic E-state index is -0.726. The van der Waals surface area contributed by atoms with E-state index in [1.165, 1.54) is 0 Å². The van der Waals surface area contributed by atoms with Gasteiger partial charge in [-0.15, -0.1) is 0 Å². The molecule has 3 amide bonds. The van der Waals surface area contributed by atoms with Gasteiger partial charge in [-0.1, -0.05) is 54.4 Å². The van der Waals surface area contributed by atoms with Gasteiger partial charge in [0.05, 0.1) is 6.54 Å². The van der Waals surface area contributed by atoms with Crippen LogP contribution >= 0.6 is 15.9 Å². The molecule has 0 bridgehead atoms. The number of hydrogen-bond acceptors (Lipinski definition) is 3. The molecule has 2 atom stereocenters. The average molecular weight is 460 g/mol. The molecule has 0 spiro atoms. The van der Waals surface area contributed by atoms with Gasteiger partial charge in [-0.25, -0.2) is 0 Å². The molecule has 154 valence electrons. The van der Waals surface area contributed by atoms with Crippen LogP contribution in [0.25, 0.3) is 0 Å². The molecule has 0 fully saturated rings. The van der Waals surface area contributed by atoms with E-state index < -0.39 is 6.04 Å². The molecule has 2 aromatic rings. The molecule has 29 heavy (non-hydrogen) atoms. The zero-order chi connectivity index (χ0) is 21.4. The number of carbonyl (C=O) groups excluding carboxylic acids is 3. The Kier molecular flexibility index (Phi) is 8.39. The summed E-state index contributed by atoms with van der Waals surface area (Å²) >= 11 is 3.41. The highest BCUT2D eigenvalue weighted by atomic mass is 79.9. The van der Waals surface area contributed by atoms with Crippen LogP contribution in [0.5, 0.6) is 0 Å². The monoisotopic (exact) mass is 459 g/mol. The van der Waals surface area contributed by atoms with E-state index in [1.807, 2.05) is 39.0 Å². The third-order valence-electron chi connectivity index (χ3n) is 4.68. The summed E-state index contributed by atoms with van der Waals surface area (Å²) in [7, 11) is 0. The Balaban J connectivity index is 1.95. The first-order valence-corrected chi connectivity index (χ1v) is 10.3. The predicted octanol–water partition coefficient (Wildman–Crippen LogP) is 3.66. The number of hydrogen-bond donors (Lipinski definition) is 3. The highest BCUT2D eigenvalue weighted by Gasteiger charge is 2.26. The third-order valence-corrected chi connectivity index (χ3v) is 5.57. The second-order valence-corrected chi connectivity index (χ2v) is 7.79. The lowest BCUT2D eigenvalue weighted by Crippen LogP contribution is -2.51. The Morgan fingerprint density at radius 3 is 2.38 bits per heavy atom. The lowest BCUT2D eigenvalue weighted by Gasteiger charge is -2.23. The van der Waals surface area contributed by atoms with Crippen molar-refractivity contribution in [2.75, 3.05) is 11.9 Å². The third kappa shape index (κ3) is 6.71. The minimum absolute atomic E-state index is 0.0835. The molecular formula is C22H26BrN3O3. The van der Waals surface area contributed by atoms with Gasteiger partial charge in [-0.05, 0) is 48.7 Å². The van der Waals surface area contributed by atoms with Crippen molar-refractivity contribution in [1.29, 1.82) is 0 Å². The van der Waals surface area contributed by atoms with E-state index in [0.29, 0.717) is 17.7 Å². The Morgan fingerprint density at radius 1 is 1.07 bits per heavy atom. The summed E-state index contributed by atoms with van der Waals surface area (Å²) < 4.78 is 0.953. The van der Waals surface area contributed by atoms with Crippen LogP contribution in [0.4, 0.5) is 5.69 Å². The predicted molar refractivity (Wildman–Crippen MR) is 118 cm³/mol. The van der Waals surface area contributed by atoms with E-state index >= 15 is 0 Å². The number of aryl methyl sites for hydroxylation is 1. The summed E-state index contributed by atoms with van der Waals surface area (Å²) in [5.74, 6) is -1.12. The van der Waals surface area contributed by atoms with E-state index in [1.54, 1.807) is 30.3 Å². The molecular weight excluding hydrogens is 434 g/mol. The summed E-state index contributed by atoms with van der Waals surface area (Å²) in [5.41, 5.74) is 2.13. The average Bonchev–Trinajstić information content (AvgIpc) is 2.72. The molecule has 6 nitrogen and oxygen atoms in total. The topological polar surface area (TPSA) is 87.3 Å². The van der Waals surface area contributed by atoms with Crippen molar-refractivity contribution in [3.63, 3.8) is 0 Å². The van der Waals surface area contributed by atoms with Gasteiger partial charge in [0.25, 0.3) is 5.91 Å². The van der Waals surface area contributed by atoms with Crippen molar-refractivity contribution < 1.29 is 14.4 Å². The highest BCUT2D eigenvalue weighted by Crippen LogP contribution is 2.19. The van der Waals surface area contributed by atoms with Crippen LogP contribution in [0.2, 0.25) is 0 Å². The van der Waals surface area contributed by atoms with Crippen molar-refractivity contribution in [3.05, 3.63) is 64.1 Å². The smallest absolute Gasteiger partial charge is 0.251 e. The quantitative estimate of drug-likeness (QED) is 0.562. The second kappa shape index (κ2) is 10.8. The Labute approximate surface area is 179 Å². The molecule has 0 aliphatic carbocycles. The Bertz CT molecular complexity index is 871. The molecule has 2 unspecified atom stereocenters. The van der Waals surface area contributed by atoms with Gasteiger partial charge in [-0.3, -0.25) is 14.4 Å². The van der Waals surface area contributed by atoms with Crippen molar-refractivity contribution in [2.45, 2.75) is 33.2 Å². The maximum Gasteiger partial charge on any atom is 0.251 e. The fourth-order valence-electron chi connectivity index (χ4n) is 2.72. The fourth-order valence-corrected chi connectivity index (χ4v) is 2.97. The summed E-state index contributed by atoms with van der Waals surface area (Å²) in [5, 5.41) is 8.16. The van der Waals surface area contributed by atoms with Crippen molar-refractivity contribution >= 4 is 39.3 Å². The van der Waals surface area contributed by atoms with Gasteiger partial charge in [0.1, 0.15) is 6.04 Å². The largest absolute Gasteiger partial charge is 0.345 e. The van der Waals surface area contributed by atoms with E-state index in [9.17, 15) is 14.4 Å². The molecule has 0 aromatic heterocycles. The van der Waals surface area contributed by atoms with E-state index in [0.717, 1.165) is 10.0 Å². The first kappa shape index (κ1) is 22.6. The number of benzene rings is 2. The van der Waals surface area contributed by atoms with Gasteiger partial charge in [0.2, 0.25) is 11.8 Å². The minimum Gasteiger partial charge on any atom is -0.345 e. The number of carbonyl (C=O) groups is 3. The molecule has 0 aliphatic heterocycles. The number of amides is 3. The number of halogens is 1. The van der Waals surface area contributed by atoms with Gasteiger partial charge in [0, 0.05) is 15.7 Å². The van der Waals surface area contributed by atoms with E-state index in [-0.39, 0.29) is 30.2 Å². The molecule has 0 aliphatic rings. The van der Waals surface area contributed by atoms with Crippen LogP contribution in [0, 0.1) is 12.8 Å². The summed E-state index contributed by atoms with van der Waals surface area (Å²) in [4.78, 5) is 37.3. The first-order chi connectivity index (χ1) is 13.8. The number of anilines is 1. The zero-order valence-corrected chi connectivity index (χ0v) is 18.4. The first-order valence-electron chi connectivity index (χ1n) is 9.51. The molecule has 7 heteroatoms. The van der Waals surface area contributed by atoms with Crippen molar-refractivity contribution in [3.8, 4) is 0 Å². The Morgan fingerprint density at radius 2 is 1.76 bits per heavy atom. The normalized spacial score (nSPS) is 12.6. The zero-order valence-electron chi connectivity index (χ0n) is 16.8. The lowest BCUT2D eigenvalue weighted by atomic mass is 9.98. The standard InChI is InChI=1S/C22H26BrN3O3/c1-4-14(2)20(26-21(28)16-8-6-5-7-9-16)22(29)24-13-19(27)25-17-10-11-18(23)15(3)12-17/h5-12,14,20H,4,13H2,1-3H3,(H,24,29)(H,25,27)(H,26,28). The number of nitrogens with one attached hydrogen (secondary N) is 3. The molecule has 2 aromatic carbocycles. The van der Waals surface area contributed by atoms with Crippen LogP contribution in [0.3, 0.4) is 0 Å². The molecule has 0 heterocycles. The van der Waals surface area contributed by atoms with Crippen molar-refractivity contribution in [2.24, 2.45) is 5.92 Å². The molecule has 0 saturated heterocycles. The highest BCUT2D eigenvalue weighted by molar-refractivity contribution is 9.10. The van der Waals surface area contributed by atoms with E-state index in [2.05, 4.69) is 31.9 Å². The molecule has 2 rings (SSSR count). The summed E-state index contributed by atoms with van der Waals surface area (Å²) in [6.07, 6.45) is 0.706. The van der Waals surface area contributed by atoms with Crippen LogP contribution in [0.1, 0.15) is 36.2 Å². The molecule has 3 N–H and O–H groups in total. The lowest BCUT2D eigenvalue weighted by molar-refractivity contribution is -0.126. The molecule has 0 radical (unpaired) electrons. The number of rotatable bonds is 8. The summed E-state index contributed by atoms with van der Waals surface area (Å²) in [6.45, 7) is 5.58. The summed E-state index contributed by atoms with van der Waals surface area (Å²) in [6, 6.07) is 13.5. The van der Waals surface area contributed by atoms with Gasteiger partial charge < -0.3 is 16.0 Å². The second-order valence-electron chi connectivity index (χ2n) is 6.93.